The van der Waals surface area contributed by atoms with Gasteiger partial charge in [-0.15, -0.1) is 0 Å². The molecule has 1 saturated heterocycles. The van der Waals surface area contributed by atoms with Gasteiger partial charge < -0.3 is 14.5 Å². The van der Waals surface area contributed by atoms with E-state index in [0.29, 0.717) is 19.0 Å². The van der Waals surface area contributed by atoms with Crippen LogP contribution in [-0.2, 0) is 17.5 Å². The molecule has 1 aliphatic rings. The highest BCUT2D eigenvalue weighted by atomic mass is 19.4. The minimum atomic E-state index is -4.74. The Morgan fingerprint density at radius 1 is 1.10 bits per heavy atom. The zero-order valence-electron chi connectivity index (χ0n) is 15.6. The number of amides is 1. The van der Waals surface area contributed by atoms with Gasteiger partial charge in [0.05, 0.1) is 0 Å². The highest BCUT2D eigenvalue weighted by Crippen LogP contribution is 2.30. The molecule has 0 aliphatic carbocycles. The lowest BCUT2D eigenvalue weighted by Crippen LogP contribution is -2.41. The number of H-pyrrole nitrogens is 1. The summed E-state index contributed by atoms with van der Waals surface area (Å²) in [5, 5.41) is 1.14. The van der Waals surface area contributed by atoms with Gasteiger partial charge in [-0.1, -0.05) is 18.2 Å². The number of nitrogens with one attached hydrogen (secondary N) is 1. The van der Waals surface area contributed by atoms with Gasteiger partial charge in [0.25, 0.3) is 5.56 Å². The zero-order chi connectivity index (χ0) is 20.6. The van der Waals surface area contributed by atoms with Gasteiger partial charge in [0.2, 0.25) is 5.91 Å². The molecule has 1 N–H and O–H groups in total. The van der Waals surface area contributed by atoms with E-state index in [4.69, 9.17) is 0 Å². The van der Waals surface area contributed by atoms with Gasteiger partial charge in [-0.2, -0.15) is 13.2 Å². The van der Waals surface area contributed by atoms with E-state index in [-0.39, 0.29) is 12.5 Å². The number of benzene rings is 1. The topological polar surface area (TPSA) is 58.1 Å². The number of aromatic nitrogens is 2. The van der Waals surface area contributed by atoms with Crippen LogP contribution in [0.1, 0.15) is 30.0 Å². The lowest BCUT2D eigenvalue weighted by atomic mass is 9.93. The van der Waals surface area contributed by atoms with Crippen molar-refractivity contribution in [1.82, 2.24) is 14.5 Å². The van der Waals surface area contributed by atoms with E-state index in [1.807, 2.05) is 24.3 Å². The quantitative estimate of drug-likeness (QED) is 0.724. The standard InChI is InChI=1S/C21H20F3N3O2/c22-21(23,24)16-5-3-9-27(20(16)29)13-19(28)26-10-7-14(8-11-26)18-12-15-4-1-2-6-17(15)25-18/h1-6,9,12,14,25H,7-8,10-11,13H2. The maximum absolute atomic E-state index is 12.9. The Balaban J connectivity index is 1.41. The molecule has 1 aromatic carbocycles. The number of likely N-dealkylation sites (tertiary alicyclic amines) is 1. The van der Waals surface area contributed by atoms with Crippen molar-refractivity contribution in [2.45, 2.75) is 31.5 Å². The number of hydrogen-bond donors (Lipinski definition) is 1. The highest BCUT2D eigenvalue weighted by molar-refractivity contribution is 5.80. The molecule has 8 heteroatoms. The first-order valence-electron chi connectivity index (χ1n) is 9.45. The minimum absolute atomic E-state index is 0.294. The fraction of sp³-hybridized carbons (Fsp3) is 0.333. The molecule has 3 heterocycles. The molecule has 29 heavy (non-hydrogen) atoms. The number of piperidine rings is 1. The van der Waals surface area contributed by atoms with Crippen LogP contribution < -0.4 is 5.56 Å². The Bertz CT molecular complexity index is 1060. The van der Waals surface area contributed by atoms with Crippen LogP contribution in [0.2, 0.25) is 0 Å². The van der Waals surface area contributed by atoms with Crippen molar-refractivity contribution >= 4 is 16.8 Å². The Morgan fingerprint density at radius 3 is 2.52 bits per heavy atom. The minimum Gasteiger partial charge on any atom is -0.358 e. The summed E-state index contributed by atoms with van der Waals surface area (Å²) >= 11 is 0. The van der Waals surface area contributed by atoms with Gasteiger partial charge in [0.1, 0.15) is 12.1 Å². The summed E-state index contributed by atoms with van der Waals surface area (Å²) in [6.45, 7) is 0.624. The van der Waals surface area contributed by atoms with Gasteiger partial charge in [-0.25, -0.2) is 0 Å². The van der Waals surface area contributed by atoms with Gasteiger partial charge in [-0.3, -0.25) is 9.59 Å². The Hall–Kier alpha value is -3.03. The second kappa shape index (κ2) is 7.42. The van der Waals surface area contributed by atoms with E-state index in [9.17, 15) is 22.8 Å². The van der Waals surface area contributed by atoms with E-state index in [1.54, 1.807) is 4.90 Å². The van der Waals surface area contributed by atoms with E-state index >= 15 is 0 Å². The number of aromatic amines is 1. The van der Waals surface area contributed by atoms with E-state index < -0.39 is 17.3 Å². The van der Waals surface area contributed by atoms with Crippen molar-refractivity contribution in [2.75, 3.05) is 13.1 Å². The number of fused-ring (bicyclic) bond motifs is 1. The predicted octanol–water partition coefficient (Wildman–Crippen LogP) is 3.75. The normalized spacial score (nSPS) is 15.8. The molecule has 3 aromatic rings. The first-order chi connectivity index (χ1) is 13.8. The predicted molar refractivity (Wildman–Crippen MR) is 103 cm³/mol. The highest BCUT2D eigenvalue weighted by Gasteiger charge is 2.34. The molecule has 0 saturated carbocycles. The van der Waals surface area contributed by atoms with Crippen LogP contribution in [0.5, 0.6) is 0 Å². The van der Waals surface area contributed by atoms with Gasteiger partial charge in [-0.05, 0) is 42.5 Å². The van der Waals surface area contributed by atoms with Crippen LogP contribution in [0, 0.1) is 0 Å². The third-order valence-corrected chi connectivity index (χ3v) is 5.47. The third kappa shape index (κ3) is 3.92. The fourth-order valence-corrected chi connectivity index (χ4v) is 3.88. The molecule has 2 aromatic heterocycles. The lowest BCUT2D eigenvalue weighted by Gasteiger charge is -2.32. The maximum Gasteiger partial charge on any atom is 0.421 e. The van der Waals surface area contributed by atoms with Crippen molar-refractivity contribution in [1.29, 1.82) is 0 Å². The summed E-state index contributed by atoms with van der Waals surface area (Å²) in [6, 6.07) is 12.0. The molecular weight excluding hydrogens is 383 g/mol. The Morgan fingerprint density at radius 2 is 1.83 bits per heavy atom. The maximum atomic E-state index is 12.9. The van der Waals surface area contributed by atoms with Crippen LogP contribution in [0.25, 0.3) is 10.9 Å². The summed E-state index contributed by atoms with van der Waals surface area (Å²) in [6.07, 6.45) is -2.00. The van der Waals surface area contributed by atoms with Crippen LogP contribution in [0.4, 0.5) is 13.2 Å². The number of pyridine rings is 1. The van der Waals surface area contributed by atoms with Gasteiger partial charge in [0, 0.05) is 36.4 Å². The van der Waals surface area contributed by atoms with Crippen molar-refractivity contribution in [3.63, 3.8) is 0 Å². The molecule has 0 atom stereocenters. The largest absolute Gasteiger partial charge is 0.421 e. The van der Waals surface area contributed by atoms with Crippen LogP contribution in [-0.4, -0.2) is 33.4 Å². The molecule has 0 bridgehead atoms. The van der Waals surface area contributed by atoms with Crippen LogP contribution in [0.3, 0.4) is 0 Å². The number of nitrogens with zero attached hydrogens (tertiary/aromatic N) is 2. The molecule has 152 valence electrons. The average Bonchev–Trinajstić information content (AvgIpc) is 3.13. The molecule has 1 fully saturated rings. The second-order valence-corrected chi connectivity index (χ2v) is 7.32. The van der Waals surface area contributed by atoms with Crippen molar-refractivity contribution < 1.29 is 18.0 Å². The Labute approximate surface area is 164 Å². The number of alkyl halides is 3. The molecule has 4 rings (SSSR count). The average molecular weight is 403 g/mol. The summed E-state index contributed by atoms with van der Waals surface area (Å²) in [5.41, 5.74) is -0.246. The SMILES string of the molecule is O=C(Cn1cccc(C(F)(F)F)c1=O)N1CCC(c2cc3ccccc3[nH]2)CC1. The number of carbonyl (C=O) groups is 1. The van der Waals surface area contributed by atoms with Crippen molar-refractivity contribution in [2.24, 2.45) is 0 Å². The molecule has 1 aliphatic heterocycles. The number of para-hydroxylation sites is 1. The van der Waals surface area contributed by atoms with Crippen molar-refractivity contribution in [3.05, 3.63) is 70.3 Å². The molecule has 0 radical (unpaired) electrons. The van der Waals surface area contributed by atoms with E-state index in [1.165, 1.54) is 6.20 Å². The first kappa shape index (κ1) is 19.3. The molecule has 5 nitrogen and oxygen atoms in total. The summed E-state index contributed by atoms with van der Waals surface area (Å²) < 4.78 is 39.5. The molecular formula is C21H20F3N3O2. The monoisotopic (exact) mass is 403 g/mol. The Kier molecular flexibility index (Phi) is 4.94. The third-order valence-electron chi connectivity index (χ3n) is 5.47. The van der Waals surface area contributed by atoms with Gasteiger partial charge >= 0.3 is 6.18 Å². The van der Waals surface area contributed by atoms with E-state index in [2.05, 4.69) is 11.1 Å². The smallest absolute Gasteiger partial charge is 0.358 e. The first-order valence-corrected chi connectivity index (χ1v) is 9.45. The fourth-order valence-electron chi connectivity index (χ4n) is 3.88. The molecule has 1 amide bonds. The summed E-state index contributed by atoms with van der Waals surface area (Å²) in [4.78, 5) is 29.6. The molecule has 0 unspecified atom stereocenters. The van der Waals surface area contributed by atoms with Crippen LogP contribution >= 0.6 is 0 Å². The summed E-state index contributed by atoms with van der Waals surface area (Å²) in [7, 11) is 0. The number of rotatable bonds is 3. The lowest BCUT2D eigenvalue weighted by molar-refractivity contribution is -0.139. The van der Waals surface area contributed by atoms with Gasteiger partial charge in [0.15, 0.2) is 0 Å². The number of hydrogen-bond acceptors (Lipinski definition) is 2. The summed E-state index contributed by atoms with van der Waals surface area (Å²) in [5.74, 6) is -0.0516. The zero-order valence-corrected chi connectivity index (χ0v) is 15.6. The number of carbonyl (C=O) groups excluding carboxylic acids is 1. The van der Waals surface area contributed by atoms with Crippen molar-refractivity contribution in [3.8, 4) is 0 Å². The second-order valence-electron chi connectivity index (χ2n) is 7.32. The van der Waals surface area contributed by atoms with Crippen LogP contribution in [0.15, 0.2) is 53.5 Å². The number of halogens is 3. The van der Waals surface area contributed by atoms with E-state index in [0.717, 1.165) is 46.1 Å². The molecule has 0 spiro atoms.